The molecule has 1 aliphatic carbocycles. The fraction of sp³-hybridized carbons (Fsp3) is 0.267. The van der Waals surface area contributed by atoms with Crippen molar-refractivity contribution in [2.75, 3.05) is 0 Å². The van der Waals surface area contributed by atoms with Gasteiger partial charge >= 0.3 is 0 Å². The Kier molecular flexibility index (Phi) is 6.14. The smallest absolute Gasteiger partial charge is 0.130 e. The van der Waals surface area contributed by atoms with Gasteiger partial charge in [0, 0.05) is 17.2 Å². The van der Waals surface area contributed by atoms with E-state index in [1.807, 2.05) is 24.3 Å². The van der Waals surface area contributed by atoms with Crippen molar-refractivity contribution in [2.45, 2.75) is 51.0 Å². The lowest BCUT2D eigenvalue weighted by molar-refractivity contribution is -0.107. The van der Waals surface area contributed by atoms with E-state index in [2.05, 4.69) is 42.2 Å². The number of ether oxygens (including phenoxy) is 1. The monoisotopic (exact) mass is 453 g/mol. The summed E-state index contributed by atoms with van der Waals surface area (Å²) in [5.74, 6) is 0.501. The second-order valence-electron chi connectivity index (χ2n) is 9.22. The largest absolute Gasteiger partial charge is 0.487 e. The number of aryl methyl sites for hydroxylation is 1. The van der Waals surface area contributed by atoms with E-state index >= 15 is 0 Å². The van der Waals surface area contributed by atoms with Crippen LogP contribution in [-0.4, -0.2) is 11.3 Å². The maximum atomic E-state index is 13.5. The van der Waals surface area contributed by atoms with Crippen molar-refractivity contribution in [3.63, 3.8) is 0 Å². The van der Waals surface area contributed by atoms with Crippen molar-refractivity contribution in [2.24, 2.45) is 0 Å². The molecule has 1 aromatic heterocycles. The number of halogens is 1. The highest BCUT2D eigenvalue weighted by molar-refractivity contribution is 5.78. The van der Waals surface area contributed by atoms with Gasteiger partial charge in [-0.3, -0.25) is 0 Å². The van der Waals surface area contributed by atoms with Gasteiger partial charge in [-0.25, -0.2) is 9.37 Å². The van der Waals surface area contributed by atoms with E-state index in [1.54, 1.807) is 6.07 Å². The minimum absolute atomic E-state index is 0.103. The summed E-state index contributed by atoms with van der Waals surface area (Å²) >= 11 is 0. The molecule has 0 N–H and O–H groups in total. The van der Waals surface area contributed by atoms with Crippen LogP contribution in [0.4, 0.5) is 4.39 Å². The molecule has 1 fully saturated rings. The van der Waals surface area contributed by atoms with Crippen LogP contribution in [0.5, 0.6) is 5.75 Å². The van der Waals surface area contributed by atoms with Crippen molar-refractivity contribution >= 4 is 17.2 Å². The van der Waals surface area contributed by atoms with Gasteiger partial charge in [-0.2, -0.15) is 0 Å². The summed E-state index contributed by atoms with van der Waals surface area (Å²) in [7, 11) is 0. The van der Waals surface area contributed by atoms with Crippen LogP contribution in [0.3, 0.4) is 0 Å². The number of rotatable bonds is 7. The zero-order valence-electron chi connectivity index (χ0n) is 19.4. The fourth-order valence-electron chi connectivity index (χ4n) is 5.51. The van der Waals surface area contributed by atoms with Crippen LogP contribution in [0.2, 0.25) is 0 Å². The first kappa shape index (κ1) is 22.3. The summed E-state index contributed by atoms with van der Waals surface area (Å²) in [6.07, 6.45) is 5.85. The maximum Gasteiger partial charge on any atom is 0.130 e. The Morgan fingerprint density at radius 2 is 1.79 bits per heavy atom. The molecule has 4 heteroatoms. The van der Waals surface area contributed by atoms with E-state index in [4.69, 9.17) is 4.74 Å². The number of hydrogen-bond acceptors (Lipinski definition) is 3. The van der Waals surface area contributed by atoms with Crippen LogP contribution >= 0.6 is 0 Å². The van der Waals surface area contributed by atoms with Gasteiger partial charge in [0.25, 0.3) is 0 Å². The predicted molar refractivity (Wildman–Crippen MR) is 133 cm³/mol. The lowest BCUT2D eigenvalue weighted by Gasteiger charge is -2.34. The normalized spacial score (nSPS) is 14.9. The van der Waals surface area contributed by atoms with Gasteiger partial charge in [0.05, 0.1) is 11.2 Å². The van der Waals surface area contributed by atoms with E-state index < -0.39 is 0 Å². The summed E-state index contributed by atoms with van der Waals surface area (Å²) in [5.41, 5.74) is 6.32. The van der Waals surface area contributed by atoms with Crippen molar-refractivity contribution in [3.05, 3.63) is 107 Å². The molecule has 1 heterocycles. The summed E-state index contributed by atoms with van der Waals surface area (Å²) in [4.78, 5) is 16.1. The molecule has 1 saturated carbocycles. The van der Waals surface area contributed by atoms with Crippen LogP contribution in [-0.2, 0) is 23.2 Å². The van der Waals surface area contributed by atoms with Gasteiger partial charge in [-0.15, -0.1) is 0 Å². The molecule has 3 aromatic carbocycles. The molecule has 0 atom stereocenters. The van der Waals surface area contributed by atoms with E-state index in [1.165, 1.54) is 41.7 Å². The molecule has 0 bridgehead atoms. The molecule has 0 saturated heterocycles. The number of aromatic nitrogens is 1. The third kappa shape index (κ3) is 4.21. The average Bonchev–Trinajstić information content (AvgIpc) is 3.34. The number of carbonyl (C=O) groups excluding carboxylic acids is 1. The Morgan fingerprint density at radius 3 is 2.59 bits per heavy atom. The Balaban J connectivity index is 1.49. The first-order valence-corrected chi connectivity index (χ1v) is 11.9. The number of hydrogen-bond donors (Lipinski definition) is 0. The first-order valence-electron chi connectivity index (χ1n) is 11.9. The Morgan fingerprint density at radius 1 is 0.971 bits per heavy atom. The quantitative estimate of drug-likeness (QED) is 0.287. The minimum Gasteiger partial charge on any atom is -0.487 e. The number of carbonyl (C=O) groups is 1. The summed E-state index contributed by atoms with van der Waals surface area (Å²) in [6.45, 7) is 2.49. The highest BCUT2D eigenvalue weighted by Gasteiger charge is 2.39. The molecule has 34 heavy (non-hydrogen) atoms. The number of fused-ring (bicyclic) bond motifs is 1. The number of aldehydes is 1. The fourth-order valence-corrected chi connectivity index (χ4v) is 5.51. The molecule has 0 unspecified atom stereocenters. The predicted octanol–water partition coefficient (Wildman–Crippen LogP) is 6.86. The molecular formula is C30H28FNO2. The average molecular weight is 454 g/mol. The Labute approximate surface area is 199 Å². The van der Waals surface area contributed by atoms with Crippen LogP contribution in [0.15, 0.2) is 72.8 Å². The lowest BCUT2D eigenvalue weighted by atomic mass is 9.70. The third-order valence-electron chi connectivity index (χ3n) is 7.11. The van der Waals surface area contributed by atoms with Crippen molar-refractivity contribution in [1.29, 1.82) is 0 Å². The van der Waals surface area contributed by atoms with Gasteiger partial charge in [0.2, 0.25) is 0 Å². The van der Waals surface area contributed by atoms with Gasteiger partial charge < -0.3 is 9.53 Å². The van der Waals surface area contributed by atoms with E-state index in [0.29, 0.717) is 13.0 Å². The molecule has 4 aromatic rings. The second-order valence-corrected chi connectivity index (χ2v) is 9.22. The zero-order chi connectivity index (χ0) is 23.5. The molecule has 0 amide bonds. The first-order chi connectivity index (χ1) is 16.6. The van der Waals surface area contributed by atoms with Crippen LogP contribution in [0.25, 0.3) is 10.9 Å². The molecule has 172 valence electrons. The second kappa shape index (κ2) is 9.38. The van der Waals surface area contributed by atoms with Crippen LogP contribution in [0.1, 0.15) is 53.6 Å². The SMILES string of the molecule is Cc1ccccc1C1(c2cc(OCc3ccc4cc(F)ccc4n3)ccc2CC=O)CCCC1. The van der Waals surface area contributed by atoms with E-state index in [-0.39, 0.29) is 11.2 Å². The number of benzene rings is 3. The summed E-state index contributed by atoms with van der Waals surface area (Å²) < 4.78 is 19.6. The minimum atomic E-state index is -0.268. The molecule has 0 aliphatic heterocycles. The van der Waals surface area contributed by atoms with Gasteiger partial charge in [0.15, 0.2) is 0 Å². The molecule has 0 radical (unpaired) electrons. The summed E-state index contributed by atoms with van der Waals surface area (Å²) in [6, 6.07) is 23.0. The zero-order valence-corrected chi connectivity index (χ0v) is 19.4. The topological polar surface area (TPSA) is 39.2 Å². The summed E-state index contributed by atoms with van der Waals surface area (Å²) in [5, 5.41) is 0.769. The lowest BCUT2D eigenvalue weighted by Crippen LogP contribution is -2.26. The van der Waals surface area contributed by atoms with E-state index in [0.717, 1.165) is 47.0 Å². The number of nitrogens with zero attached hydrogens (tertiary/aromatic N) is 1. The van der Waals surface area contributed by atoms with Crippen molar-refractivity contribution in [1.82, 2.24) is 4.98 Å². The third-order valence-corrected chi connectivity index (χ3v) is 7.11. The molecule has 5 rings (SSSR count). The Hall–Kier alpha value is -3.53. The van der Waals surface area contributed by atoms with Crippen LogP contribution in [0, 0.1) is 12.7 Å². The van der Waals surface area contributed by atoms with Gasteiger partial charge in [-0.1, -0.05) is 49.2 Å². The molecular weight excluding hydrogens is 425 g/mol. The standard InChI is InChI=1S/C30H28FNO2/c1-21-6-2-3-7-27(21)30(15-4-5-16-30)28-19-26(12-9-22(28)14-17-33)34-20-25-11-8-23-18-24(31)10-13-29(23)32-25/h2-3,6-13,17-19H,4-5,14-16,20H2,1H3. The van der Waals surface area contributed by atoms with Crippen molar-refractivity contribution < 1.29 is 13.9 Å². The number of pyridine rings is 1. The highest BCUT2D eigenvalue weighted by atomic mass is 19.1. The highest BCUT2D eigenvalue weighted by Crippen LogP contribution is 2.49. The van der Waals surface area contributed by atoms with Crippen molar-refractivity contribution in [3.8, 4) is 5.75 Å². The van der Waals surface area contributed by atoms with Crippen LogP contribution < -0.4 is 4.74 Å². The van der Waals surface area contributed by atoms with Gasteiger partial charge in [-0.05, 0) is 78.4 Å². The van der Waals surface area contributed by atoms with E-state index in [9.17, 15) is 9.18 Å². The molecule has 3 nitrogen and oxygen atoms in total. The maximum absolute atomic E-state index is 13.5. The van der Waals surface area contributed by atoms with Gasteiger partial charge in [0.1, 0.15) is 24.5 Å². The molecule has 0 spiro atoms. The Bertz CT molecular complexity index is 1340. The molecule has 1 aliphatic rings.